The fraction of sp³-hybridized carbons (Fsp3) is 0.352. The van der Waals surface area contributed by atoms with Crippen LogP contribution < -0.4 is 10.4 Å². The molecule has 5 aromatic rings. The van der Waals surface area contributed by atoms with Crippen LogP contribution in [0.15, 0.2) is 151 Å². The maximum atomic E-state index is 14.8. The van der Waals surface area contributed by atoms with E-state index in [1.165, 1.54) is 15.9 Å². The minimum absolute atomic E-state index is 0.0217. The van der Waals surface area contributed by atoms with Gasteiger partial charge in [-0.2, -0.15) is 0 Å². The molecule has 324 valence electrons. The summed E-state index contributed by atoms with van der Waals surface area (Å²) in [4.78, 5) is 38.5. The van der Waals surface area contributed by atoms with E-state index in [1.807, 2.05) is 42.6 Å². The lowest BCUT2D eigenvalue weighted by Gasteiger charge is -2.44. The van der Waals surface area contributed by atoms with Crippen molar-refractivity contribution in [2.24, 2.45) is 17.8 Å². The first-order chi connectivity index (χ1) is 30.6. The van der Waals surface area contributed by atoms with E-state index < -0.39 is 20.2 Å². The first-order valence-corrected chi connectivity index (χ1v) is 24.6. The van der Waals surface area contributed by atoms with Crippen LogP contribution in [0.5, 0.6) is 5.75 Å². The number of hydrogen-bond donors (Lipinski definition) is 1. The van der Waals surface area contributed by atoms with Crippen LogP contribution in [-0.2, 0) is 25.3 Å². The normalized spacial score (nSPS) is 22.4. The smallest absolute Gasteiger partial charge is 0.261 e. The summed E-state index contributed by atoms with van der Waals surface area (Å²) in [6.45, 7) is 10.2. The fourth-order valence-electron chi connectivity index (χ4n) is 11.0. The van der Waals surface area contributed by atoms with Crippen LogP contribution in [0.25, 0.3) is 11.6 Å². The van der Waals surface area contributed by atoms with Crippen LogP contribution in [0, 0.1) is 17.8 Å². The highest BCUT2D eigenvalue weighted by atomic mass is 28.4. The van der Waals surface area contributed by atoms with E-state index in [9.17, 15) is 14.7 Å². The molecule has 1 aliphatic carbocycles. The van der Waals surface area contributed by atoms with Gasteiger partial charge in [0.15, 0.2) is 0 Å². The molecule has 9 heteroatoms. The van der Waals surface area contributed by atoms with Crippen molar-refractivity contribution in [2.75, 3.05) is 26.3 Å². The number of carbonyl (C=O) groups excluding carboxylic acids is 2. The zero-order valence-corrected chi connectivity index (χ0v) is 37.7. The molecule has 9 rings (SSSR count). The monoisotopic (exact) mass is 857 g/mol. The van der Waals surface area contributed by atoms with Gasteiger partial charge in [0, 0.05) is 37.8 Å². The Morgan fingerprint density at radius 1 is 0.810 bits per heavy atom. The van der Waals surface area contributed by atoms with E-state index >= 15 is 0 Å². The number of imide groups is 1. The first-order valence-electron chi connectivity index (χ1n) is 22.7. The summed E-state index contributed by atoms with van der Waals surface area (Å²) < 4.78 is 14.5. The number of phenolic OH excluding ortho intramolecular Hbond substituents is 1. The lowest BCUT2D eigenvalue weighted by molar-refractivity contribution is -0.144. The number of rotatable bonds is 13. The van der Waals surface area contributed by atoms with Crippen LogP contribution >= 0.6 is 0 Å². The lowest BCUT2D eigenvalue weighted by atomic mass is 9.69. The fourth-order valence-corrected chi connectivity index (χ4v) is 15.6. The molecule has 2 amide bonds. The third kappa shape index (κ3) is 8.64. The molecule has 3 saturated heterocycles. The van der Waals surface area contributed by atoms with Gasteiger partial charge in [0.1, 0.15) is 5.75 Å². The largest absolute Gasteiger partial charge is 0.508 e. The van der Waals surface area contributed by atoms with E-state index in [0.29, 0.717) is 32.5 Å². The van der Waals surface area contributed by atoms with E-state index in [-0.39, 0.29) is 40.7 Å². The van der Waals surface area contributed by atoms with E-state index in [0.717, 1.165) is 60.5 Å². The first kappa shape index (κ1) is 42.8. The average Bonchev–Trinajstić information content (AvgIpc) is 3.84. The molecule has 63 heavy (non-hydrogen) atoms. The van der Waals surface area contributed by atoms with Gasteiger partial charge in [-0.15, -0.1) is 0 Å². The van der Waals surface area contributed by atoms with Crippen molar-refractivity contribution >= 4 is 42.2 Å². The number of ether oxygens (including phenoxy) is 1. The van der Waals surface area contributed by atoms with Crippen LogP contribution in [0.3, 0.4) is 0 Å². The second-order valence-corrected chi connectivity index (χ2v) is 23.1. The molecule has 3 fully saturated rings. The quantitative estimate of drug-likeness (QED) is 0.0721. The average molecular weight is 858 g/mol. The van der Waals surface area contributed by atoms with Gasteiger partial charge in [-0.25, -0.2) is 0 Å². The Morgan fingerprint density at radius 3 is 2.06 bits per heavy atom. The van der Waals surface area contributed by atoms with Crippen LogP contribution in [0.4, 0.5) is 0 Å². The number of benzene rings is 4. The summed E-state index contributed by atoms with van der Waals surface area (Å²) in [7, 11) is -2.94. The number of aromatic nitrogens is 1. The maximum Gasteiger partial charge on any atom is 0.261 e. The second kappa shape index (κ2) is 18.3. The number of aromatic hydroxyl groups is 1. The Labute approximate surface area is 373 Å². The molecule has 4 aliphatic rings. The topological polar surface area (TPSA) is 92.2 Å². The van der Waals surface area contributed by atoms with Crippen molar-refractivity contribution in [3.63, 3.8) is 0 Å². The number of piperidine rings is 1. The van der Waals surface area contributed by atoms with E-state index in [1.54, 1.807) is 17.0 Å². The Bertz CT molecular complexity index is 2390. The number of allylic oxidation sites excluding steroid dienone is 1. The molecule has 0 radical (unpaired) electrons. The summed E-state index contributed by atoms with van der Waals surface area (Å²) in [5.74, 6) is -0.908. The van der Waals surface area contributed by atoms with Gasteiger partial charge in [0.05, 0.1) is 36.8 Å². The number of pyridine rings is 1. The van der Waals surface area contributed by atoms with Gasteiger partial charge >= 0.3 is 0 Å². The van der Waals surface area contributed by atoms with Crippen molar-refractivity contribution in [3.8, 4) is 5.75 Å². The van der Waals surface area contributed by atoms with Crippen molar-refractivity contribution in [3.05, 3.63) is 168 Å². The van der Waals surface area contributed by atoms with Crippen LogP contribution in [0.2, 0.25) is 5.04 Å². The summed E-state index contributed by atoms with van der Waals surface area (Å²) in [5, 5.41) is 12.2. The predicted octanol–water partition coefficient (Wildman–Crippen LogP) is 8.67. The van der Waals surface area contributed by atoms with Crippen molar-refractivity contribution < 1.29 is 23.9 Å². The number of phenols is 1. The third-order valence-corrected chi connectivity index (χ3v) is 19.0. The molecule has 1 aromatic heterocycles. The van der Waals surface area contributed by atoms with Crippen molar-refractivity contribution in [1.82, 2.24) is 14.8 Å². The standard InChI is InChI=1S/C54H59N3O5Si/c1-54(2,3)63(44-17-9-5-10-18-44,45-19-11-6-12-20-45)62-36-41-34-46-51(53(60)57(52(46)59)42-28-31-56(32-29-42)35-39-15-7-4-8-16-39)47-37-61-49(50(41)47)27-24-40(48-21-13-14-30-55-48)33-38-22-25-43(58)26-23-38/h4-23,25-26,30,33,42,46-47,49,51,58H,24,27-29,31-32,34-37H2,1-3H3/b40-33-/t46-,47+,49-,51-/m1/s1. The van der Waals surface area contributed by atoms with Gasteiger partial charge in [0.2, 0.25) is 11.8 Å². The second-order valence-electron chi connectivity index (χ2n) is 18.8. The molecule has 0 unspecified atom stereocenters. The highest BCUT2D eigenvalue weighted by molar-refractivity contribution is 6.99. The number of carbonyl (C=O) groups is 2. The highest BCUT2D eigenvalue weighted by Crippen LogP contribution is 2.51. The zero-order valence-electron chi connectivity index (χ0n) is 36.7. The summed E-state index contributed by atoms with van der Waals surface area (Å²) >= 11 is 0. The lowest BCUT2D eigenvalue weighted by Crippen LogP contribution is -2.66. The van der Waals surface area contributed by atoms with Crippen LogP contribution in [-0.4, -0.2) is 78.5 Å². The van der Waals surface area contributed by atoms with Gasteiger partial charge < -0.3 is 14.3 Å². The number of fused-ring (bicyclic) bond motifs is 3. The summed E-state index contributed by atoms with van der Waals surface area (Å²) in [6.07, 6.45) is 7.09. The molecule has 0 bridgehead atoms. The third-order valence-electron chi connectivity index (χ3n) is 14.0. The van der Waals surface area contributed by atoms with Gasteiger partial charge in [-0.05, 0) is 106 Å². The van der Waals surface area contributed by atoms with Crippen molar-refractivity contribution in [1.29, 1.82) is 0 Å². The summed E-state index contributed by atoms with van der Waals surface area (Å²) in [5.41, 5.74) is 6.46. The minimum atomic E-state index is -2.94. The van der Waals surface area contributed by atoms with Gasteiger partial charge in [-0.1, -0.05) is 130 Å². The van der Waals surface area contributed by atoms with E-state index in [2.05, 4.69) is 117 Å². The molecular weight excluding hydrogens is 799 g/mol. The van der Waals surface area contributed by atoms with Crippen molar-refractivity contribution in [2.45, 2.75) is 76.6 Å². The van der Waals surface area contributed by atoms with Gasteiger partial charge in [-0.3, -0.25) is 24.4 Å². The Hall–Kier alpha value is -5.45. The van der Waals surface area contributed by atoms with E-state index in [4.69, 9.17) is 14.1 Å². The molecule has 0 spiro atoms. The molecule has 0 saturated carbocycles. The number of likely N-dealkylation sites (tertiary alicyclic amines) is 2. The number of nitrogens with zero attached hydrogens (tertiary/aromatic N) is 3. The molecule has 3 aliphatic heterocycles. The maximum absolute atomic E-state index is 14.8. The Balaban J connectivity index is 1.04. The molecule has 1 N–H and O–H groups in total. The Morgan fingerprint density at radius 2 is 1.44 bits per heavy atom. The SMILES string of the molecule is CC(C)(C)[Si](OCC1=C2[C@@H](CC/C(=C/c3ccc(O)cc3)c3ccccn3)OC[C@@H]2[C@@H]2C(=O)N(C3CCN(Cc4ccccc4)CC3)C(=O)[C@@H]2C1)(c1ccccc1)c1ccccc1. The molecule has 8 nitrogen and oxygen atoms in total. The number of amides is 2. The van der Waals surface area contributed by atoms with Crippen LogP contribution in [0.1, 0.15) is 69.7 Å². The number of hydrogen-bond acceptors (Lipinski definition) is 7. The highest BCUT2D eigenvalue weighted by Gasteiger charge is 2.59. The Kier molecular flexibility index (Phi) is 12.5. The predicted molar refractivity (Wildman–Crippen MR) is 251 cm³/mol. The molecular formula is C54H59N3O5Si. The minimum Gasteiger partial charge on any atom is -0.508 e. The molecule has 4 atom stereocenters. The molecule has 4 aromatic carbocycles. The molecule has 4 heterocycles. The van der Waals surface area contributed by atoms with Gasteiger partial charge in [0.25, 0.3) is 8.32 Å². The summed E-state index contributed by atoms with van der Waals surface area (Å²) in [6, 6.07) is 45.0. The zero-order chi connectivity index (χ0) is 43.6.